The van der Waals surface area contributed by atoms with E-state index in [1.807, 2.05) is 0 Å². The zero-order chi connectivity index (χ0) is 24.2. The molecule has 3 aromatic carbocycles. The predicted octanol–water partition coefficient (Wildman–Crippen LogP) is 5.72. The molecule has 0 fully saturated rings. The van der Waals surface area contributed by atoms with Gasteiger partial charge in [0, 0.05) is 17.1 Å². The number of benzene rings is 3. The number of carboxylic acid groups (broad SMARTS) is 1. The van der Waals surface area contributed by atoms with E-state index in [-0.39, 0.29) is 39.0 Å². The molecule has 3 rings (SSSR count). The van der Waals surface area contributed by atoms with Gasteiger partial charge >= 0.3 is 5.97 Å². The summed E-state index contributed by atoms with van der Waals surface area (Å²) in [5, 5.41) is 12.2. The minimum absolute atomic E-state index is 0.00442. The summed E-state index contributed by atoms with van der Waals surface area (Å²) in [6.07, 6.45) is 0.214. The van der Waals surface area contributed by atoms with Crippen molar-refractivity contribution in [2.45, 2.75) is 17.7 Å². The minimum atomic E-state index is -4.04. The third-order valence-electron chi connectivity index (χ3n) is 4.51. The summed E-state index contributed by atoms with van der Waals surface area (Å²) in [5.41, 5.74) is 1.06. The number of sulfonamides is 1. The van der Waals surface area contributed by atoms with Crippen LogP contribution in [0.2, 0.25) is 15.1 Å². The van der Waals surface area contributed by atoms with Crippen molar-refractivity contribution in [3.8, 4) is 0 Å². The zero-order valence-electron chi connectivity index (χ0n) is 16.8. The van der Waals surface area contributed by atoms with E-state index in [4.69, 9.17) is 39.9 Å². The Morgan fingerprint density at radius 2 is 1.58 bits per heavy atom. The fraction of sp³-hybridized carbons (Fsp3) is 0.0909. The number of carbonyl (C=O) groups is 2. The Bertz CT molecular complexity index is 1310. The molecule has 0 aliphatic carbocycles. The van der Waals surface area contributed by atoms with Gasteiger partial charge in [0.05, 0.1) is 26.2 Å². The Morgan fingerprint density at radius 1 is 0.879 bits per heavy atom. The second-order valence-electron chi connectivity index (χ2n) is 6.92. The number of aryl methyl sites for hydroxylation is 1. The van der Waals surface area contributed by atoms with Crippen molar-refractivity contribution < 1.29 is 23.1 Å². The third-order valence-corrected chi connectivity index (χ3v) is 6.86. The van der Waals surface area contributed by atoms with Crippen molar-refractivity contribution in [3.05, 3.63) is 86.9 Å². The van der Waals surface area contributed by atoms with Gasteiger partial charge in [-0.2, -0.15) is 0 Å². The van der Waals surface area contributed by atoms with Crippen LogP contribution in [-0.4, -0.2) is 25.4 Å². The topological polar surface area (TPSA) is 113 Å². The number of anilines is 2. The van der Waals surface area contributed by atoms with E-state index >= 15 is 0 Å². The number of carbonyl (C=O) groups excluding carboxylic acids is 1. The molecule has 0 atom stereocenters. The van der Waals surface area contributed by atoms with Crippen LogP contribution >= 0.6 is 34.8 Å². The van der Waals surface area contributed by atoms with Gasteiger partial charge < -0.3 is 10.4 Å². The van der Waals surface area contributed by atoms with Crippen LogP contribution in [0.25, 0.3) is 0 Å². The van der Waals surface area contributed by atoms with Gasteiger partial charge in [0.1, 0.15) is 0 Å². The SMILES string of the molecule is O=C(O)CCc1ccc(S(=O)(=O)Nc2ccc(Cl)cc2C(=O)Nc2ccc(Cl)c(Cl)c2)cc1. The van der Waals surface area contributed by atoms with Crippen molar-refractivity contribution in [2.75, 3.05) is 10.0 Å². The summed E-state index contributed by atoms with van der Waals surface area (Å²) in [6, 6.07) is 14.5. The Balaban J connectivity index is 1.83. The van der Waals surface area contributed by atoms with Crippen molar-refractivity contribution in [1.82, 2.24) is 0 Å². The van der Waals surface area contributed by atoms with E-state index < -0.39 is 21.9 Å². The highest BCUT2D eigenvalue weighted by molar-refractivity contribution is 7.92. The molecular weight excluding hydrogens is 511 g/mol. The number of aliphatic carboxylic acids is 1. The molecule has 0 aliphatic rings. The van der Waals surface area contributed by atoms with Crippen LogP contribution in [0.4, 0.5) is 11.4 Å². The molecule has 0 aliphatic heterocycles. The highest BCUT2D eigenvalue weighted by Crippen LogP contribution is 2.28. The fourth-order valence-electron chi connectivity index (χ4n) is 2.86. The zero-order valence-corrected chi connectivity index (χ0v) is 19.9. The van der Waals surface area contributed by atoms with Crippen molar-refractivity contribution in [2.24, 2.45) is 0 Å². The lowest BCUT2D eigenvalue weighted by Crippen LogP contribution is -2.18. The molecule has 7 nitrogen and oxygen atoms in total. The van der Waals surface area contributed by atoms with Gasteiger partial charge in [-0.3, -0.25) is 14.3 Å². The molecule has 11 heteroatoms. The minimum Gasteiger partial charge on any atom is -0.481 e. The Labute approximate surface area is 205 Å². The third kappa shape index (κ3) is 6.61. The van der Waals surface area contributed by atoms with Gasteiger partial charge in [0.25, 0.3) is 15.9 Å². The fourth-order valence-corrected chi connectivity index (χ4v) is 4.41. The molecule has 3 N–H and O–H groups in total. The molecule has 1 amide bonds. The Kier molecular flexibility index (Phi) is 7.86. The maximum atomic E-state index is 12.9. The highest BCUT2D eigenvalue weighted by atomic mass is 35.5. The molecule has 0 saturated heterocycles. The molecule has 0 radical (unpaired) electrons. The molecule has 0 unspecified atom stereocenters. The quantitative estimate of drug-likeness (QED) is 0.347. The van der Waals surface area contributed by atoms with Gasteiger partial charge in [-0.1, -0.05) is 46.9 Å². The van der Waals surface area contributed by atoms with Crippen LogP contribution in [0.15, 0.2) is 65.6 Å². The van der Waals surface area contributed by atoms with E-state index in [0.717, 1.165) is 0 Å². The molecule has 0 heterocycles. The van der Waals surface area contributed by atoms with Crippen molar-refractivity contribution in [3.63, 3.8) is 0 Å². The summed E-state index contributed by atoms with van der Waals surface area (Å²) >= 11 is 17.9. The molecule has 172 valence electrons. The van der Waals surface area contributed by atoms with E-state index in [1.165, 1.54) is 54.6 Å². The molecule has 0 spiro atoms. The maximum Gasteiger partial charge on any atom is 0.303 e. The van der Waals surface area contributed by atoms with Gasteiger partial charge in [-0.25, -0.2) is 8.42 Å². The normalized spacial score (nSPS) is 11.1. The van der Waals surface area contributed by atoms with E-state index in [0.29, 0.717) is 16.3 Å². The number of halogens is 3. The molecular formula is C22H17Cl3N2O5S. The Morgan fingerprint density at radius 3 is 2.21 bits per heavy atom. The van der Waals surface area contributed by atoms with Gasteiger partial charge in [-0.15, -0.1) is 0 Å². The monoisotopic (exact) mass is 526 g/mol. The van der Waals surface area contributed by atoms with Crippen LogP contribution in [-0.2, 0) is 21.2 Å². The average molecular weight is 528 g/mol. The maximum absolute atomic E-state index is 12.9. The van der Waals surface area contributed by atoms with Crippen LogP contribution in [0, 0.1) is 0 Å². The summed E-state index contributed by atoms with van der Waals surface area (Å²) in [7, 11) is -4.04. The molecule has 3 aromatic rings. The first-order chi connectivity index (χ1) is 15.5. The van der Waals surface area contributed by atoms with Gasteiger partial charge in [0.2, 0.25) is 0 Å². The van der Waals surface area contributed by atoms with Crippen LogP contribution < -0.4 is 10.0 Å². The molecule has 0 bridgehead atoms. The number of hydrogen-bond acceptors (Lipinski definition) is 4. The lowest BCUT2D eigenvalue weighted by molar-refractivity contribution is -0.136. The second kappa shape index (κ2) is 10.4. The molecule has 0 aromatic heterocycles. The summed E-state index contributed by atoms with van der Waals surface area (Å²) in [5.74, 6) is -1.56. The number of nitrogens with one attached hydrogen (secondary N) is 2. The van der Waals surface area contributed by atoms with E-state index in [9.17, 15) is 18.0 Å². The number of rotatable bonds is 8. The Hall–Kier alpha value is -2.78. The number of carboxylic acids is 1. The van der Waals surface area contributed by atoms with Crippen LogP contribution in [0.1, 0.15) is 22.3 Å². The summed E-state index contributed by atoms with van der Waals surface area (Å²) in [4.78, 5) is 23.5. The van der Waals surface area contributed by atoms with Crippen LogP contribution in [0.3, 0.4) is 0 Å². The smallest absolute Gasteiger partial charge is 0.303 e. The average Bonchev–Trinajstić information content (AvgIpc) is 2.76. The predicted molar refractivity (Wildman–Crippen MR) is 129 cm³/mol. The number of amides is 1. The lowest BCUT2D eigenvalue weighted by Gasteiger charge is -2.14. The summed E-state index contributed by atoms with van der Waals surface area (Å²) < 4.78 is 28.2. The first-order valence-corrected chi connectivity index (χ1v) is 12.1. The van der Waals surface area contributed by atoms with E-state index in [2.05, 4.69) is 10.0 Å². The van der Waals surface area contributed by atoms with Crippen molar-refractivity contribution >= 4 is 68.1 Å². The molecule has 0 saturated carbocycles. The second-order valence-corrected chi connectivity index (χ2v) is 9.85. The lowest BCUT2D eigenvalue weighted by atomic mass is 10.1. The van der Waals surface area contributed by atoms with Gasteiger partial charge in [0.15, 0.2) is 0 Å². The first kappa shape index (κ1) is 24.9. The number of hydrogen-bond donors (Lipinski definition) is 3. The van der Waals surface area contributed by atoms with E-state index in [1.54, 1.807) is 6.07 Å². The largest absolute Gasteiger partial charge is 0.481 e. The summed E-state index contributed by atoms with van der Waals surface area (Å²) in [6.45, 7) is 0. The van der Waals surface area contributed by atoms with Crippen molar-refractivity contribution in [1.29, 1.82) is 0 Å². The standard InChI is InChI=1S/C22H17Cl3N2O5S/c23-14-4-9-20(17(11-14)22(30)26-15-5-8-18(24)19(25)12-15)27-33(31,32)16-6-1-13(2-7-16)3-10-21(28)29/h1-2,4-9,11-12,27H,3,10H2,(H,26,30)(H,28,29). The van der Waals surface area contributed by atoms with Crippen LogP contribution in [0.5, 0.6) is 0 Å². The highest BCUT2D eigenvalue weighted by Gasteiger charge is 2.20. The first-order valence-electron chi connectivity index (χ1n) is 9.44. The van der Waals surface area contributed by atoms with Gasteiger partial charge in [-0.05, 0) is 60.5 Å². The molecule has 33 heavy (non-hydrogen) atoms.